The van der Waals surface area contributed by atoms with Crippen LogP contribution in [0.4, 0.5) is 0 Å². The second-order valence-corrected chi connectivity index (χ2v) is 2.42. The van der Waals surface area contributed by atoms with Crippen molar-refractivity contribution in [3.8, 4) is 0 Å². The van der Waals surface area contributed by atoms with Crippen LogP contribution in [0.15, 0.2) is 36.6 Å². The molecule has 80 valence electrons. The van der Waals surface area contributed by atoms with E-state index in [0.717, 1.165) is 5.70 Å². The van der Waals surface area contributed by atoms with Crippen molar-refractivity contribution in [3.05, 3.63) is 36.6 Å². The average Bonchev–Trinajstić information content (AvgIpc) is 2.21. The Labute approximate surface area is 91.3 Å². The van der Waals surface area contributed by atoms with Crippen LogP contribution in [-0.2, 0) is 4.79 Å². The van der Waals surface area contributed by atoms with Gasteiger partial charge in [-0.1, -0.05) is 38.7 Å². The maximum Gasteiger partial charge on any atom is 0.239 e. The normalized spacial score (nSPS) is 10.4. The molecule has 0 heterocycles. The summed E-state index contributed by atoms with van der Waals surface area (Å²) >= 11 is 5.28. The Hall–Kier alpha value is -1.02. The van der Waals surface area contributed by atoms with Crippen LogP contribution in [0.1, 0.15) is 20.8 Å². The fraction of sp³-hybridized carbons (Fsp3) is 0.364. The van der Waals surface area contributed by atoms with E-state index in [1.807, 2.05) is 13.8 Å². The zero-order valence-electron chi connectivity index (χ0n) is 9.01. The Morgan fingerprint density at radius 1 is 1.43 bits per heavy atom. The molecule has 0 radical (unpaired) electrons. The van der Waals surface area contributed by atoms with E-state index in [1.165, 1.54) is 0 Å². The molecule has 0 aliphatic carbocycles. The number of rotatable bonds is 4. The highest BCUT2D eigenvalue weighted by Crippen LogP contribution is 1.88. The molecule has 3 heteroatoms. The monoisotopic (exact) mass is 215 g/mol. The van der Waals surface area contributed by atoms with Gasteiger partial charge in [-0.3, -0.25) is 4.79 Å². The van der Waals surface area contributed by atoms with Crippen molar-refractivity contribution in [3.63, 3.8) is 0 Å². The molecule has 0 unspecified atom stereocenters. The van der Waals surface area contributed by atoms with Crippen LogP contribution in [0.5, 0.6) is 0 Å². The summed E-state index contributed by atoms with van der Waals surface area (Å²) < 4.78 is 0. The van der Waals surface area contributed by atoms with Crippen LogP contribution in [0.2, 0.25) is 0 Å². The molecular formula is C11H18ClNO. The van der Waals surface area contributed by atoms with Gasteiger partial charge in [0.05, 0.1) is 0 Å². The smallest absolute Gasteiger partial charge is 0.239 e. The van der Waals surface area contributed by atoms with E-state index < -0.39 is 0 Å². The third kappa shape index (κ3) is 11.0. The van der Waals surface area contributed by atoms with Crippen LogP contribution in [0.25, 0.3) is 0 Å². The minimum Gasteiger partial charge on any atom is -0.329 e. The second-order valence-electron chi connectivity index (χ2n) is 2.15. The molecule has 0 aliphatic heterocycles. The first kappa shape index (κ1) is 15.5. The van der Waals surface area contributed by atoms with Crippen molar-refractivity contribution in [1.29, 1.82) is 0 Å². The quantitative estimate of drug-likeness (QED) is 0.567. The molecule has 2 nitrogen and oxygen atoms in total. The molecule has 1 amide bonds. The molecule has 0 fully saturated rings. The van der Waals surface area contributed by atoms with Crippen molar-refractivity contribution >= 4 is 17.5 Å². The SMILES string of the molecule is C=C/C=C\C=C(/C)NC(=O)CCl.CC. The third-order valence-corrected chi connectivity index (χ3v) is 1.29. The zero-order chi connectivity index (χ0) is 11.4. The third-order valence-electron chi connectivity index (χ3n) is 1.05. The van der Waals surface area contributed by atoms with Crippen LogP contribution < -0.4 is 5.32 Å². The van der Waals surface area contributed by atoms with Crippen LogP contribution in [0, 0.1) is 0 Å². The molecule has 0 atom stereocenters. The van der Waals surface area contributed by atoms with Gasteiger partial charge in [-0.2, -0.15) is 0 Å². The lowest BCUT2D eigenvalue weighted by Crippen LogP contribution is -2.21. The van der Waals surface area contributed by atoms with E-state index in [2.05, 4.69) is 11.9 Å². The van der Waals surface area contributed by atoms with Crippen molar-refractivity contribution in [2.24, 2.45) is 0 Å². The molecule has 0 aromatic heterocycles. The molecule has 0 saturated heterocycles. The van der Waals surface area contributed by atoms with Gasteiger partial charge in [0, 0.05) is 5.70 Å². The molecule has 0 aromatic rings. The molecule has 0 bridgehead atoms. The van der Waals surface area contributed by atoms with E-state index >= 15 is 0 Å². The topological polar surface area (TPSA) is 29.1 Å². The van der Waals surface area contributed by atoms with E-state index in [4.69, 9.17) is 11.6 Å². The number of nitrogens with one attached hydrogen (secondary N) is 1. The molecule has 14 heavy (non-hydrogen) atoms. The highest BCUT2D eigenvalue weighted by Gasteiger charge is 1.95. The Bertz CT molecular complexity index is 219. The van der Waals surface area contributed by atoms with Crippen molar-refractivity contribution in [2.45, 2.75) is 20.8 Å². The van der Waals surface area contributed by atoms with Crippen molar-refractivity contribution in [1.82, 2.24) is 5.32 Å². The number of carbonyl (C=O) groups excluding carboxylic acids is 1. The largest absolute Gasteiger partial charge is 0.329 e. The van der Waals surface area contributed by atoms with Gasteiger partial charge in [0.15, 0.2) is 0 Å². The summed E-state index contributed by atoms with van der Waals surface area (Å²) in [6, 6.07) is 0. The second kappa shape index (κ2) is 12.0. The first-order valence-electron chi connectivity index (χ1n) is 4.52. The minimum absolute atomic E-state index is 0.0175. The summed E-state index contributed by atoms with van der Waals surface area (Å²) in [7, 11) is 0. The zero-order valence-corrected chi connectivity index (χ0v) is 9.77. The molecule has 0 rings (SSSR count). The number of halogens is 1. The van der Waals surface area contributed by atoms with E-state index in [9.17, 15) is 4.79 Å². The fourth-order valence-corrected chi connectivity index (χ4v) is 0.640. The molecule has 1 N–H and O–H groups in total. The Morgan fingerprint density at radius 2 is 2.00 bits per heavy atom. The minimum atomic E-state index is -0.197. The van der Waals surface area contributed by atoms with Gasteiger partial charge in [-0.25, -0.2) is 0 Å². The molecular weight excluding hydrogens is 198 g/mol. The van der Waals surface area contributed by atoms with Gasteiger partial charge in [0.2, 0.25) is 5.91 Å². The first-order chi connectivity index (χ1) is 6.70. The Morgan fingerprint density at radius 3 is 2.43 bits per heavy atom. The molecule has 0 saturated carbocycles. The number of alkyl halides is 1. The van der Waals surface area contributed by atoms with Crippen LogP contribution in [0.3, 0.4) is 0 Å². The van der Waals surface area contributed by atoms with Crippen molar-refractivity contribution < 1.29 is 4.79 Å². The van der Waals surface area contributed by atoms with Gasteiger partial charge >= 0.3 is 0 Å². The number of carbonyl (C=O) groups is 1. The lowest BCUT2D eigenvalue weighted by atomic mass is 10.4. The summed E-state index contributed by atoms with van der Waals surface area (Å²) in [6.07, 6.45) is 6.99. The Balaban J connectivity index is 0. The summed E-state index contributed by atoms with van der Waals surface area (Å²) in [6.45, 7) is 9.30. The highest BCUT2D eigenvalue weighted by molar-refractivity contribution is 6.27. The predicted molar refractivity (Wildman–Crippen MR) is 63.3 cm³/mol. The number of hydrogen-bond acceptors (Lipinski definition) is 1. The molecule has 0 aromatic carbocycles. The highest BCUT2D eigenvalue weighted by atomic mass is 35.5. The summed E-state index contributed by atoms with van der Waals surface area (Å²) in [5.41, 5.74) is 0.763. The van der Waals surface area contributed by atoms with E-state index in [1.54, 1.807) is 31.2 Å². The predicted octanol–water partition coefficient (Wildman–Crippen LogP) is 3.01. The summed E-state index contributed by atoms with van der Waals surface area (Å²) in [5.74, 6) is -0.214. The Kier molecular flexibility index (Phi) is 13.2. The molecule has 0 spiro atoms. The number of hydrogen-bond donors (Lipinski definition) is 1. The van der Waals surface area contributed by atoms with Gasteiger partial charge in [-0.05, 0) is 13.0 Å². The van der Waals surface area contributed by atoms with Crippen LogP contribution >= 0.6 is 11.6 Å². The summed E-state index contributed by atoms with van der Waals surface area (Å²) in [5, 5.41) is 2.59. The van der Waals surface area contributed by atoms with Gasteiger partial charge in [-0.15, -0.1) is 11.6 Å². The molecule has 0 aliphatic rings. The van der Waals surface area contributed by atoms with E-state index in [-0.39, 0.29) is 11.8 Å². The lowest BCUT2D eigenvalue weighted by Gasteiger charge is -1.99. The lowest BCUT2D eigenvalue weighted by molar-refractivity contribution is -0.117. The van der Waals surface area contributed by atoms with Gasteiger partial charge in [0.1, 0.15) is 5.88 Å². The van der Waals surface area contributed by atoms with Gasteiger partial charge in [0.25, 0.3) is 0 Å². The maximum atomic E-state index is 10.7. The fourth-order valence-electron chi connectivity index (χ4n) is 0.573. The van der Waals surface area contributed by atoms with Gasteiger partial charge < -0.3 is 5.32 Å². The summed E-state index contributed by atoms with van der Waals surface area (Å²) in [4.78, 5) is 10.7. The number of amides is 1. The number of allylic oxidation sites excluding steroid dienone is 5. The maximum absolute atomic E-state index is 10.7. The van der Waals surface area contributed by atoms with E-state index in [0.29, 0.717) is 0 Å². The van der Waals surface area contributed by atoms with Crippen LogP contribution in [-0.4, -0.2) is 11.8 Å². The first-order valence-corrected chi connectivity index (χ1v) is 5.06. The average molecular weight is 216 g/mol. The standard InChI is InChI=1S/C9H12ClNO.C2H6/c1-3-4-5-6-8(2)11-9(12)7-10;1-2/h3-6H,1,7H2,2H3,(H,11,12);1-2H3/b5-4-,8-6+;. The van der Waals surface area contributed by atoms with Crippen molar-refractivity contribution in [2.75, 3.05) is 5.88 Å².